The summed E-state index contributed by atoms with van der Waals surface area (Å²) < 4.78 is 7.42. The molecular weight excluding hydrogens is 386 g/mol. The molecule has 29 heavy (non-hydrogen) atoms. The van der Waals surface area contributed by atoms with Gasteiger partial charge in [0.05, 0.1) is 0 Å². The van der Waals surface area contributed by atoms with Crippen LogP contribution < -0.4 is 10.1 Å². The molecular formula is C21H21N5O2S. The van der Waals surface area contributed by atoms with Crippen LogP contribution in [0.15, 0.2) is 36.4 Å². The van der Waals surface area contributed by atoms with Gasteiger partial charge in [-0.1, -0.05) is 23.5 Å². The lowest BCUT2D eigenvalue weighted by Crippen LogP contribution is -2.21. The predicted octanol–water partition coefficient (Wildman–Crippen LogP) is 4.10. The normalized spacial score (nSPS) is 11.0. The van der Waals surface area contributed by atoms with Gasteiger partial charge in [0.15, 0.2) is 12.4 Å². The van der Waals surface area contributed by atoms with Crippen LogP contribution in [0.4, 0.5) is 5.69 Å². The maximum absolute atomic E-state index is 12.3. The first-order valence-electron chi connectivity index (χ1n) is 9.21. The first-order chi connectivity index (χ1) is 13.9. The minimum Gasteiger partial charge on any atom is -0.483 e. The number of amides is 1. The molecule has 0 aliphatic carbocycles. The molecule has 2 heterocycles. The topological polar surface area (TPSA) is 81.4 Å². The summed E-state index contributed by atoms with van der Waals surface area (Å²) in [6, 6.07) is 11.6. The van der Waals surface area contributed by atoms with Crippen LogP contribution in [-0.4, -0.2) is 32.3 Å². The predicted molar refractivity (Wildman–Crippen MR) is 114 cm³/mol. The van der Waals surface area contributed by atoms with Crippen LogP contribution in [0, 0.1) is 27.7 Å². The summed E-state index contributed by atoms with van der Waals surface area (Å²) in [6.07, 6.45) is 0. The molecule has 0 spiro atoms. The van der Waals surface area contributed by atoms with E-state index in [1.165, 1.54) is 11.3 Å². The molecule has 0 radical (unpaired) electrons. The van der Waals surface area contributed by atoms with Crippen molar-refractivity contribution < 1.29 is 9.53 Å². The number of nitrogens with one attached hydrogen (secondary N) is 1. The molecule has 0 saturated heterocycles. The van der Waals surface area contributed by atoms with E-state index in [2.05, 4.69) is 20.6 Å². The Bertz CT molecular complexity index is 1210. The molecule has 7 nitrogen and oxygen atoms in total. The van der Waals surface area contributed by atoms with Crippen molar-refractivity contribution in [3.63, 3.8) is 0 Å². The molecule has 0 saturated carbocycles. The Balaban J connectivity index is 1.45. The van der Waals surface area contributed by atoms with Crippen molar-refractivity contribution in [1.29, 1.82) is 0 Å². The Kier molecular flexibility index (Phi) is 5.02. The van der Waals surface area contributed by atoms with Crippen molar-refractivity contribution in [1.82, 2.24) is 19.8 Å². The Hall–Kier alpha value is -3.26. The zero-order chi connectivity index (χ0) is 20.5. The number of aryl methyl sites for hydroxylation is 3. The van der Waals surface area contributed by atoms with Crippen LogP contribution in [0.25, 0.3) is 15.5 Å². The first kappa shape index (κ1) is 19.1. The molecule has 4 rings (SSSR count). The second kappa shape index (κ2) is 7.63. The molecule has 8 heteroatoms. The van der Waals surface area contributed by atoms with E-state index in [-0.39, 0.29) is 12.5 Å². The lowest BCUT2D eigenvalue weighted by Gasteiger charge is -2.12. The number of hydrogen-bond donors (Lipinski definition) is 1. The number of ether oxygens (including phenoxy) is 1. The minimum absolute atomic E-state index is 0.0402. The smallest absolute Gasteiger partial charge is 0.262 e. The van der Waals surface area contributed by atoms with Gasteiger partial charge < -0.3 is 10.1 Å². The van der Waals surface area contributed by atoms with E-state index >= 15 is 0 Å². The van der Waals surface area contributed by atoms with Crippen molar-refractivity contribution >= 4 is 27.9 Å². The van der Waals surface area contributed by atoms with Crippen molar-refractivity contribution in [2.24, 2.45) is 0 Å². The van der Waals surface area contributed by atoms with Gasteiger partial charge in [0, 0.05) is 11.3 Å². The maximum atomic E-state index is 12.3. The zero-order valence-electron chi connectivity index (χ0n) is 16.7. The van der Waals surface area contributed by atoms with E-state index in [0.717, 1.165) is 49.5 Å². The Morgan fingerprint density at radius 2 is 1.93 bits per heavy atom. The molecule has 0 unspecified atom stereocenters. The highest BCUT2D eigenvalue weighted by atomic mass is 32.1. The summed E-state index contributed by atoms with van der Waals surface area (Å²) in [5, 5.41) is 16.4. The maximum Gasteiger partial charge on any atom is 0.262 e. The average Bonchev–Trinajstić information content (AvgIpc) is 3.27. The van der Waals surface area contributed by atoms with Gasteiger partial charge in [-0.05, 0) is 68.7 Å². The van der Waals surface area contributed by atoms with Crippen molar-refractivity contribution in [3.05, 3.63) is 58.9 Å². The van der Waals surface area contributed by atoms with Crippen LogP contribution in [0.1, 0.15) is 22.5 Å². The van der Waals surface area contributed by atoms with Gasteiger partial charge in [-0.3, -0.25) is 4.79 Å². The summed E-state index contributed by atoms with van der Waals surface area (Å²) >= 11 is 1.48. The highest BCUT2D eigenvalue weighted by Crippen LogP contribution is 2.28. The fourth-order valence-electron chi connectivity index (χ4n) is 2.98. The Morgan fingerprint density at radius 1 is 1.10 bits per heavy atom. The number of carbonyl (C=O) groups is 1. The van der Waals surface area contributed by atoms with E-state index in [1.54, 1.807) is 4.52 Å². The summed E-state index contributed by atoms with van der Waals surface area (Å²) in [6.45, 7) is 7.79. The fraction of sp³-hybridized carbons (Fsp3) is 0.238. The average molecular weight is 407 g/mol. The van der Waals surface area contributed by atoms with Crippen LogP contribution in [-0.2, 0) is 4.79 Å². The molecule has 0 aliphatic rings. The molecule has 2 aromatic carbocycles. The summed E-state index contributed by atoms with van der Waals surface area (Å²) in [7, 11) is 0. The molecule has 1 amide bonds. The number of rotatable bonds is 5. The standard InChI is InChI=1S/C21H21N5O2S/c1-12-6-5-7-18(14(12)3)28-11-19(27)22-17-9-8-16(10-13(17)2)20-25-26-15(4)23-24-21(26)29-20/h5-10H,11H2,1-4H3,(H,22,27). The summed E-state index contributed by atoms with van der Waals surface area (Å²) in [5.74, 6) is 1.29. The SMILES string of the molecule is Cc1cc(-c2nn3c(C)nnc3s2)ccc1NC(=O)COc1cccc(C)c1C. The van der Waals surface area contributed by atoms with E-state index in [4.69, 9.17) is 4.74 Å². The quantitative estimate of drug-likeness (QED) is 0.539. The highest BCUT2D eigenvalue weighted by molar-refractivity contribution is 7.19. The van der Waals surface area contributed by atoms with Crippen LogP contribution >= 0.6 is 11.3 Å². The second-order valence-corrected chi connectivity index (χ2v) is 7.87. The Morgan fingerprint density at radius 3 is 2.69 bits per heavy atom. The third-order valence-electron chi connectivity index (χ3n) is 4.81. The highest BCUT2D eigenvalue weighted by Gasteiger charge is 2.13. The molecule has 148 valence electrons. The van der Waals surface area contributed by atoms with Gasteiger partial charge in [0.25, 0.3) is 5.91 Å². The molecule has 4 aromatic rings. The number of nitrogens with zero attached hydrogens (tertiary/aromatic N) is 4. The number of aromatic nitrogens is 4. The van der Waals surface area contributed by atoms with Crippen molar-refractivity contribution in [2.45, 2.75) is 27.7 Å². The van der Waals surface area contributed by atoms with E-state index in [0.29, 0.717) is 0 Å². The van der Waals surface area contributed by atoms with E-state index in [9.17, 15) is 4.79 Å². The summed E-state index contributed by atoms with van der Waals surface area (Å²) in [5.41, 5.74) is 4.85. The van der Waals surface area contributed by atoms with Gasteiger partial charge in [-0.25, -0.2) is 0 Å². The first-order valence-corrected chi connectivity index (χ1v) is 10.0. The van der Waals surface area contributed by atoms with E-state index in [1.807, 2.05) is 64.1 Å². The fourth-order valence-corrected chi connectivity index (χ4v) is 3.86. The third kappa shape index (κ3) is 3.84. The van der Waals surface area contributed by atoms with Gasteiger partial charge >= 0.3 is 0 Å². The molecule has 0 atom stereocenters. The van der Waals surface area contributed by atoms with Crippen molar-refractivity contribution in [2.75, 3.05) is 11.9 Å². The number of carbonyl (C=O) groups excluding carboxylic acids is 1. The number of fused-ring (bicyclic) bond motifs is 1. The number of anilines is 1. The van der Waals surface area contributed by atoms with Gasteiger partial charge in [0.2, 0.25) is 4.96 Å². The largest absolute Gasteiger partial charge is 0.483 e. The lowest BCUT2D eigenvalue weighted by atomic mass is 10.1. The summed E-state index contributed by atoms with van der Waals surface area (Å²) in [4.78, 5) is 13.1. The van der Waals surface area contributed by atoms with Gasteiger partial charge in [-0.15, -0.1) is 10.2 Å². The lowest BCUT2D eigenvalue weighted by molar-refractivity contribution is -0.118. The van der Waals surface area contributed by atoms with Crippen LogP contribution in [0.2, 0.25) is 0 Å². The van der Waals surface area contributed by atoms with Gasteiger partial charge in [0.1, 0.15) is 10.8 Å². The van der Waals surface area contributed by atoms with E-state index < -0.39 is 0 Å². The number of benzene rings is 2. The number of hydrogen-bond acceptors (Lipinski definition) is 6. The monoisotopic (exact) mass is 407 g/mol. The molecule has 2 aromatic heterocycles. The third-order valence-corrected chi connectivity index (χ3v) is 5.76. The Labute approximate surface area is 172 Å². The molecule has 0 bridgehead atoms. The second-order valence-electron chi connectivity index (χ2n) is 6.91. The van der Waals surface area contributed by atoms with Crippen LogP contribution in [0.3, 0.4) is 0 Å². The van der Waals surface area contributed by atoms with Crippen LogP contribution in [0.5, 0.6) is 5.75 Å². The molecule has 1 N–H and O–H groups in total. The molecule has 0 fully saturated rings. The minimum atomic E-state index is -0.198. The zero-order valence-corrected chi connectivity index (χ0v) is 17.5. The molecule has 0 aliphatic heterocycles. The van der Waals surface area contributed by atoms with Gasteiger partial charge in [-0.2, -0.15) is 9.61 Å². The van der Waals surface area contributed by atoms with Crippen molar-refractivity contribution in [3.8, 4) is 16.3 Å².